The van der Waals surface area contributed by atoms with E-state index < -0.39 is 10.0 Å². The first kappa shape index (κ1) is 18.5. The van der Waals surface area contributed by atoms with E-state index in [0.29, 0.717) is 22.9 Å². The maximum absolute atomic E-state index is 12.6. The van der Waals surface area contributed by atoms with Crippen molar-refractivity contribution in [1.29, 1.82) is 0 Å². The van der Waals surface area contributed by atoms with Gasteiger partial charge in [-0.3, -0.25) is 0 Å². The van der Waals surface area contributed by atoms with Crippen LogP contribution in [0, 0.1) is 5.92 Å². The third-order valence-corrected chi connectivity index (χ3v) is 5.98. The second kappa shape index (κ2) is 7.81. The standard InChI is InChI=1S/C16H19ClN2O2S.ClH/c17-15-5-6-16(14-4-2-1-3-13(14)15)22(20,21)19-10-8-12-7-9-18-11-12;/h1-6,12,18-19H,7-11H2;1H. The van der Waals surface area contributed by atoms with Gasteiger partial charge in [0, 0.05) is 22.3 Å². The molecule has 0 radical (unpaired) electrons. The van der Waals surface area contributed by atoms with Crippen LogP contribution in [0.5, 0.6) is 0 Å². The fourth-order valence-corrected chi connectivity index (χ4v) is 4.39. The summed E-state index contributed by atoms with van der Waals surface area (Å²) in [5.74, 6) is 0.560. The fourth-order valence-electron chi connectivity index (χ4n) is 2.90. The van der Waals surface area contributed by atoms with E-state index in [1.54, 1.807) is 18.2 Å². The van der Waals surface area contributed by atoms with Gasteiger partial charge in [-0.15, -0.1) is 12.4 Å². The zero-order chi connectivity index (χ0) is 15.6. The molecule has 4 nitrogen and oxygen atoms in total. The zero-order valence-corrected chi connectivity index (χ0v) is 15.0. The summed E-state index contributed by atoms with van der Waals surface area (Å²) in [5.41, 5.74) is 0. The molecule has 0 aromatic heterocycles. The molecule has 2 N–H and O–H groups in total. The minimum Gasteiger partial charge on any atom is -0.316 e. The quantitative estimate of drug-likeness (QED) is 0.844. The van der Waals surface area contributed by atoms with Gasteiger partial charge in [0.1, 0.15) is 0 Å². The second-order valence-electron chi connectivity index (χ2n) is 5.64. The normalized spacial score (nSPS) is 18.0. The van der Waals surface area contributed by atoms with Crippen LogP contribution in [0.4, 0.5) is 0 Å². The van der Waals surface area contributed by atoms with E-state index in [-0.39, 0.29) is 17.3 Å². The molecule has 1 unspecified atom stereocenters. The maximum Gasteiger partial charge on any atom is 0.241 e. The molecule has 1 saturated heterocycles. The fraction of sp³-hybridized carbons (Fsp3) is 0.375. The molecule has 1 fully saturated rings. The lowest BCUT2D eigenvalue weighted by Crippen LogP contribution is -2.26. The van der Waals surface area contributed by atoms with Crippen molar-refractivity contribution >= 4 is 44.8 Å². The summed E-state index contributed by atoms with van der Waals surface area (Å²) < 4.78 is 27.8. The van der Waals surface area contributed by atoms with Gasteiger partial charge in [0.15, 0.2) is 0 Å². The number of halogens is 2. The molecule has 7 heteroatoms. The van der Waals surface area contributed by atoms with Crippen LogP contribution in [0.15, 0.2) is 41.3 Å². The van der Waals surface area contributed by atoms with Gasteiger partial charge in [0.25, 0.3) is 0 Å². The number of nitrogens with one attached hydrogen (secondary N) is 2. The lowest BCUT2D eigenvalue weighted by atomic mass is 10.1. The van der Waals surface area contributed by atoms with Gasteiger partial charge in [-0.25, -0.2) is 13.1 Å². The molecule has 2 aromatic rings. The SMILES string of the molecule is Cl.O=S(=O)(NCCC1CCNC1)c1ccc(Cl)c2ccccc12. The van der Waals surface area contributed by atoms with Gasteiger partial charge >= 0.3 is 0 Å². The minimum atomic E-state index is -3.52. The largest absolute Gasteiger partial charge is 0.316 e. The van der Waals surface area contributed by atoms with Crippen molar-refractivity contribution in [3.8, 4) is 0 Å². The highest BCUT2D eigenvalue weighted by atomic mass is 35.5. The van der Waals surface area contributed by atoms with Gasteiger partial charge in [-0.1, -0.05) is 35.9 Å². The average Bonchev–Trinajstić information content (AvgIpc) is 3.01. The van der Waals surface area contributed by atoms with Crippen molar-refractivity contribution < 1.29 is 8.42 Å². The van der Waals surface area contributed by atoms with Crippen molar-refractivity contribution in [2.75, 3.05) is 19.6 Å². The number of sulfonamides is 1. The first-order chi connectivity index (χ1) is 10.6. The molecule has 1 heterocycles. The monoisotopic (exact) mass is 374 g/mol. The molecule has 0 aliphatic carbocycles. The van der Waals surface area contributed by atoms with Gasteiger partial charge in [0.2, 0.25) is 10.0 Å². The van der Waals surface area contributed by atoms with Crippen LogP contribution in [-0.4, -0.2) is 28.1 Å². The number of hydrogen-bond donors (Lipinski definition) is 2. The molecule has 1 aliphatic heterocycles. The van der Waals surface area contributed by atoms with Crippen molar-refractivity contribution in [2.24, 2.45) is 5.92 Å². The summed E-state index contributed by atoms with van der Waals surface area (Å²) >= 11 is 6.15. The third-order valence-electron chi connectivity index (χ3n) is 4.13. The maximum atomic E-state index is 12.6. The summed E-state index contributed by atoms with van der Waals surface area (Å²) in [5, 5.41) is 5.27. The van der Waals surface area contributed by atoms with Crippen LogP contribution < -0.4 is 10.0 Å². The molecular weight excluding hydrogens is 355 g/mol. The van der Waals surface area contributed by atoms with Crippen molar-refractivity contribution in [2.45, 2.75) is 17.7 Å². The van der Waals surface area contributed by atoms with Crippen LogP contribution in [0.3, 0.4) is 0 Å². The molecule has 2 aromatic carbocycles. The Morgan fingerprint density at radius 3 is 2.61 bits per heavy atom. The summed E-state index contributed by atoms with van der Waals surface area (Å²) in [6.45, 7) is 2.47. The Kier molecular flexibility index (Phi) is 6.28. The molecule has 0 bridgehead atoms. The molecule has 0 spiro atoms. The lowest BCUT2D eigenvalue weighted by molar-refractivity contribution is 0.519. The first-order valence-corrected chi connectivity index (χ1v) is 9.32. The predicted octanol–water partition coefficient (Wildman–Crippen LogP) is 3.19. The third kappa shape index (κ3) is 4.17. The van der Waals surface area contributed by atoms with Gasteiger partial charge in [-0.2, -0.15) is 0 Å². The zero-order valence-electron chi connectivity index (χ0n) is 12.6. The van der Waals surface area contributed by atoms with E-state index in [1.165, 1.54) is 0 Å². The molecule has 3 rings (SSSR count). The number of hydrogen-bond acceptors (Lipinski definition) is 3. The summed E-state index contributed by atoms with van der Waals surface area (Å²) in [6, 6.07) is 10.5. The average molecular weight is 375 g/mol. The molecule has 126 valence electrons. The molecule has 1 aliphatic rings. The predicted molar refractivity (Wildman–Crippen MR) is 97.0 cm³/mol. The summed E-state index contributed by atoms with van der Waals surface area (Å²) in [4.78, 5) is 0.289. The van der Waals surface area contributed by atoms with E-state index in [2.05, 4.69) is 10.0 Å². The first-order valence-electron chi connectivity index (χ1n) is 7.45. The molecule has 1 atom stereocenters. The van der Waals surface area contributed by atoms with Gasteiger partial charge in [0.05, 0.1) is 4.90 Å². The second-order valence-corrected chi connectivity index (χ2v) is 7.78. The molecule has 0 amide bonds. The van der Waals surface area contributed by atoms with Crippen LogP contribution in [0.2, 0.25) is 5.02 Å². The van der Waals surface area contributed by atoms with E-state index in [1.807, 2.05) is 18.2 Å². The Morgan fingerprint density at radius 2 is 1.91 bits per heavy atom. The number of rotatable bonds is 5. The van der Waals surface area contributed by atoms with Crippen LogP contribution in [-0.2, 0) is 10.0 Å². The van der Waals surface area contributed by atoms with Crippen LogP contribution >= 0.6 is 24.0 Å². The Hall–Kier alpha value is -0.850. The Bertz CT molecular complexity index is 775. The lowest BCUT2D eigenvalue weighted by Gasteiger charge is -2.12. The van der Waals surface area contributed by atoms with Crippen LogP contribution in [0.25, 0.3) is 10.8 Å². The Morgan fingerprint density at radius 1 is 1.17 bits per heavy atom. The van der Waals surface area contributed by atoms with Crippen LogP contribution in [0.1, 0.15) is 12.8 Å². The highest BCUT2D eigenvalue weighted by molar-refractivity contribution is 7.89. The van der Waals surface area contributed by atoms with Gasteiger partial charge in [-0.05, 0) is 44.0 Å². The Labute approximate surface area is 148 Å². The minimum absolute atomic E-state index is 0. The van der Waals surface area contributed by atoms with E-state index >= 15 is 0 Å². The molecular formula is C16H20Cl2N2O2S. The summed E-state index contributed by atoms with van der Waals surface area (Å²) in [7, 11) is -3.52. The van der Waals surface area contributed by atoms with Crippen molar-refractivity contribution in [3.05, 3.63) is 41.4 Å². The topological polar surface area (TPSA) is 58.2 Å². The molecule has 0 saturated carbocycles. The molecule has 23 heavy (non-hydrogen) atoms. The van der Waals surface area contributed by atoms with Crippen molar-refractivity contribution in [3.63, 3.8) is 0 Å². The summed E-state index contributed by atoms with van der Waals surface area (Å²) in [6.07, 6.45) is 1.98. The van der Waals surface area contributed by atoms with E-state index in [4.69, 9.17) is 11.6 Å². The van der Waals surface area contributed by atoms with E-state index in [0.717, 1.165) is 31.3 Å². The number of benzene rings is 2. The van der Waals surface area contributed by atoms with Crippen molar-refractivity contribution in [1.82, 2.24) is 10.0 Å². The van der Waals surface area contributed by atoms with E-state index in [9.17, 15) is 8.42 Å². The smallest absolute Gasteiger partial charge is 0.241 e. The highest BCUT2D eigenvalue weighted by Gasteiger charge is 2.19. The Balaban J connectivity index is 0.00000192. The van der Waals surface area contributed by atoms with Gasteiger partial charge < -0.3 is 5.32 Å². The highest BCUT2D eigenvalue weighted by Crippen LogP contribution is 2.29. The number of fused-ring (bicyclic) bond motifs is 1.